The lowest BCUT2D eigenvalue weighted by Gasteiger charge is -2.35. The molecule has 1 N–H and O–H groups in total. The van der Waals surface area contributed by atoms with E-state index in [-0.39, 0.29) is 5.92 Å². The van der Waals surface area contributed by atoms with E-state index in [1.165, 1.54) is 0 Å². The van der Waals surface area contributed by atoms with Crippen molar-refractivity contribution in [1.29, 1.82) is 0 Å². The summed E-state index contributed by atoms with van der Waals surface area (Å²) in [5, 5.41) is 9.70. The van der Waals surface area contributed by atoms with Crippen LogP contribution in [0.4, 0.5) is 0 Å². The van der Waals surface area contributed by atoms with Crippen LogP contribution in [0.5, 0.6) is 0 Å². The largest absolute Gasteiger partial charge is 0.497 e. The number of aliphatic hydroxyl groups is 1. The van der Waals surface area contributed by atoms with Crippen molar-refractivity contribution in [3.05, 3.63) is 41.7 Å². The molecule has 0 saturated heterocycles. The highest BCUT2D eigenvalue weighted by molar-refractivity contribution is 7.92. The topological polar surface area (TPSA) is 63.6 Å². The Bertz CT molecular complexity index is 691. The average Bonchev–Trinajstić information content (AvgIpc) is 2.58. The van der Waals surface area contributed by atoms with E-state index in [2.05, 4.69) is 0 Å². The summed E-state index contributed by atoms with van der Waals surface area (Å²) in [6.45, 7) is 2.49. The van der Waals surface area contributed by atoms with E-state index >= 15 is 0 Å². The lowest BCUT2D eigenvalue weighted by Crippen LogP contribution is -2.41. The Hall–Kier alpha value is -1.33. The highest BCUT2D eigenvalue weighted by atomic mass is 32.2. The first-order valence-corrected chi connectivity index (χ1v) is 10.4. The minimum Gasteiger partial charge on any atom is -0.497 e. The number of aliphatic hydroxyl groups excluding tert-OH is 1. The predicted octanol–water partition coefficient (Wildman–Crippen LogP) is 3.38. The van der Waals surface area contributed by atoms with E-state index in [4.69, 9.17) is 4.74 Å². The van der Waals surface area contributed by atoms with Crippen LogP contribution in [0, 0.1) is 12.8 Å². The van der Waals surface area contributed by atoms with Gasteiger partial charge in [-0.15, -0.1) is 0 Å². The number of hydrogen-bond donors (Lipinski definition) is 1. The Morgan fingerprint density at radius 3 is 2.46 bits per heavy atom. The van der Waals surface area contributed by atoms with Gasteiger partial charge in [0.2, 0.25) is 0 Å². The number of aryl methyl sites for hydroxylation is 1. The number of allylic oxidation sites excluding steroid dienone is 1. The average molecular weight is 350 g/mol. The van der Waals surface area contributed by atoms with Crippen LogP contribution in [0.1, 0.15) is 44.1 Å². The Morgan fingerprint density at radius 2 is 1.83 bits per heavy atom. The number of hydrogen-bond acceptors (Lipinski definition) is 4. The van der Waals surface area contributed by atoms with Crippen LogP contribution < -0.4 is 0 Å². The molecule has 1 aliphatic heterocycles. The number of ether oxygens (including phenoxy) is 1. The molecule has 0 aromatic heterocycles. The molecule has 0 spiro atoms. The summed E-state index contributed by atoms with van der Waals surface area (Å²) in [5.41, 5.74) is 1.02. The van der Waals surface area contributed by atoms with Crippen LogP contribution in [0.25, 0.3) is 0 Å². The van der Waals surface area contributed by atoms with Crippen molar-refractivity contribution < 1.29 is 18.3 Å². The summed E-state index contributed by atoms with van der Waals surface area (Å²) in [4.78, 5) is 0.311. The van der Waals surface area contributed by atoms with Crippen molar-refractivity contribution in [2.45, 2.75) is 61.7 Å². The van der Waals surface area contributed by atoms with Crippen LogP contribution in [0.3, 0.4) is 0 Å². The van der Waals surface area contributed by atoms with Crippen LogP contribution in [0.15, 0.2) is 41.0 Å². The van der Waals surface area contributed by atoms with Gasteiger partial charge in [0.15, 0.2) is 9.84 Å². The smallest absolute Gasteiger partial charge is 0.188 e. The van der Waals surface area contributed by atoms with Crippen LogP contribution >= 0.6 is 0 Å². The molecule has 132 valence electrons. The van der Waals surface area contributed by atoms with Gasteiger partial charge in [-0.3, -0.25) is 0 Å². The van der Waals surface area contributed by atoms with Crippen molar-refractivity contribution in [1.82, 2.24) is 0 Å². The third-order valence-electron chi connectivity index (χ3n) is 5.10. The van der Waals surface area contributed by atoms with E-state index in [0.29, 0.717) is 23.7 Å². The second-order valence-corrected chi connectivity index (χ2v) is 8.96. The van der Waals surface area contributed by atoms with E-state index < -0.39 is 21.2 Å². The van der Waals surface area contributed by atoms with Gasteiger partial charge < -0.3 is 9.84 Å². The van der Waals surface area contributed by atoms with Crippen molar-refractivity contribution in [3.63, 3.8) is 0 Å². The fourth-order valence-corrected chi connectivity index (χ4v) is 5.79. The van der Waals surface area contributed by atoms with Gasteiger partial charge in [-0.05, 0) is 50.8 Å². The molecule has 1 aromatic rings. The highest BCUT2D eigenvalue weighted by Gasteiger charge is 2.43. The standard InChI is InChI=1S/C19H26O4S/c1-14-9-11-15(12-10-14)24(21,22)19(18-8-4-5-13-23-18)16-6-2-3-7-17(16)20/h8-12,16-17,19-20H,2-7,13H2,1H3/t16-,17-,19?/m1/s1. The number of rotatable bonds is 4. The maximum atomic E-state index is 13.4. The van der Waals surface area contributed by atoms with Gasteiger partial charge in [-0.2, -0.15) is 0 Å². The summed E-state index contributed by atoms with van der Waals surface area (Å²) in [7, 11) is -3.60. The zero-order valence-corrected chi connectivity index (χ0v) is 15.0. The Labute approximate surface area is 144 Å². The molecule has 0 bridgehead atoms. The lowest BCUT2D eigenvalue weighted by atomic mass is 9.83. The molecule has 3 rings (SSSR count). The third-order valence-corrected chi connectivity index (χ3v) is 7.28. The van der Waals surface area contributed by atoms with Gasteiger partial charge in [0.1, 0.15) is 11.0 Å². The minimum absolute atomic E-state index is 0.297. The molecule has 1 heterocycles. The molecule has 1 aromatic carbocycles. The van der Waals surface area contributed by atoms with Gasteiger partial charge in [-0.25, -0.2) is 8.42 Å². The first-order chi connectivity index (χ1) is 11.5. The molecular weight excluding hydrogens is 324 g/mol. The lowest BCUT2D eigenvalue weighted by molar-refractivity contribution is 0.0586. The summed E-state index contributed by atoms with van der Waals surface area (Å²) >= 11 is 0. The van der Waals surface area contributed by atoms with Gasteiger partial charge in [0.05, 0.1) is 17.6 Å². The van der Waals surface area contributed by atoms with Crippen molar-refractivity contribution in [2.24, 2.45) is 5.92 Å². The van der Waals surface area contributed by atoms with Crippen molar-refractivity contribution in [3.8, 4) is 0 Å². The molecule has 1 unspecified atom stereocenters. The normalized spacial score (nSPS) is 26.3. The first-order valence-electron chi connectivity index (χ1n) is 8.81. The molecule has 0 amide bonds. The van der Waals surface area contributed by atoms with E-state index in [9.17, 15) is 13.5 Å². The third kappa shape index (κ3) is 3.52. The molecule has 24 heavy (non-hydrogen) atoms. The molecule has 3 atom stereocenters. The van der Waals surface area contributed by atoms with Gasteiger partial charge in [0.25, 0.3) is 0 Å². The highest BCUT2D eigenvalue weighted by Crippen LogP contribution is 2.38. The fraction of sp³-hybridized carbons (Fsp3) is 0.579. The molecule has 4 nitrogen and oxygen atoms in total. The maximum absolute atomic E-state index is 13.4. The summed E-state index contributed by atoms with van der Waals surface area (Å²) in [6.07, 6.45) is 6.35. The monoisotopic (exact) mass is 350 g/mol. The Kier molecular flexibility index (Phi) is 5.30. The van der Waals surface area contributed by atoms with Crippen LogP contribution in [-0.2, 0) is 14.6 Å². The molecule has 1 saturated carbocycles. The molecular formula is C19H26O4S. The number of benzene rings is 1. The van der Waals surface area contributed by atoms with Gasteiger partial charge >= 0.3 is 0 Å². The second-order valence-electron chi connectivity index (χ2n) is 6.89. The van der Waals surface area contributed by atoms with Crippen LogP contribution in [0.2, 0.25) is 0 Å². The SMILES string of the molecule is Cc1ccc(S(=O)(=O)C(C2=CCCCO2)[C@@H]2CCCC[C@H]2O)cc1. The van der Waals surface area contributed by atoms with Crippen molar-refractivity contribution in [2.75, 3.05) is 6.61 Å². The number of sulfone groups is 1. The van der Waals surface area contributed by atoms with E-state index in [0.717, 1.165) is 37.7 Å². The Morgan fingerprint density at radius 1 is 1.12 bits per heavy atom. The second kappa shape index (κ2) is 7.28. The quantitative estimate of drug-likeness (QED) is 0.904. The molecule has 2 aliphatic rings. The molecule has 1 aliphatic carbocycles. The minimum atomic E-state index is -3.60. The van der Waals surface area contributed by atoms with Gasteiger partial charge in [-0.1, -0.05) is 30.5 Å². The molecule has 0 radical (unpaired) electrons. The van der Waals surface area contributed by atoms with E-state index in [1.807, 2.05) is 25.1 Å². The first kappa shape index (κ1) is 17.5. The Balaban J connectivity index is 2.02. The van der Waals surface area contributed by atoms with E-state index in [1.54, 1.807) is 12.1 Å². The fourth-order valence-electron chi connectivity index (χ4n) is 3.74. The zero-order chi connectivity index (χ0) is 17.2. The molecule has 1 fully saturated rings. The summed E-state index contributed by atoms with van der Waals surface area (Å²) in [5.74, 6) is 0.238. The maximum Gasteiger partial charge on any atom is 0.188 e. The zero-order valence-electron chi connectivity index (χ0n) is 14.1. The van der Waals surface area contributed by atoms with Crippen LogP contribution in [-0.4, -0.2) is 31.5 Å². The molecule has 5 heteroatoms. The summed E-state index contributed by atoms with van der Waals surface area (Å²) < 4.78 is 32.5. The van der Waals surface area contributed by atoms with Gasteiger partial charge in [0, 0.05) is 5.92 Å². The predicted molar refractivity (Wildman–Crippen MR) is 93.4 cm³/mol. The summed E-state index contributed by atoms with van der Waals surface area (Å²) in [6, 6.07) is 6.96. The van der Waals surface area contributed by atoms with Crippen molar-refractivity contribution >= 4 is 9.84 Å².